The van der Waals surface area contributed by atoms with Crippen molar-refractivity contribution in [2.75, 3.05) is 4.90 Å². The molecule has 3 aromatic rings. The highest BCUT2D eigenvalue weighted by atomic mass is 32.1. The van der Waals surface area contributed by atoms with Crippen LogP contribution in [0.1, 0.15) is 30.0 Å². The second kappa shape index (κ2) is 7.10. The SMILES string of the molecule is CC1=CC(=C(C#N)c2nc3ccccc3s2)C=C(C)N1c1cccc(C)c1C. The summed E-state index contributed by atoms with van der Waals surface area (Å²) < 4.78 is 1.10. The number of benzene rings is 2. The zero-order chi connectivity index (χ0) is 19.8. The molecule has 0 fully saturated rings. The lowest BCUT2D eigenvalue weighted by Crippen LogP contribution is -2.22. The molecule has 4 heteroatoms. The fourth-order valence-electron chi connectivity index (χ4n) is 3.62. The predicted molar refractivity (Wildman–Crippen MR) is 118 cm³/mol. The maximum atomic E-state index is 9.88. The maximum Gasteiger partial charge on any atom is 0.135 e. The second-order valence-corrected chi connectivity index (χ2v) is 8.09. The van der Waals surface area contributed by atoms with Gasteiger partial charge in [-0.25, -0.2) is 4.98 Å². The molecule has 0 saturated carbocycles. The number of allylic oxidation sites excluding steroid dienone is 6. The molecule has 1 aromatic heterocycles. The van der Waals surface area contributed by atoms with Gasteiger partial charge in [0.15, 0.2) is 0 Å². The smallest absolute Gasteiger partial charge is 0.135 e. The molecule has 0 atom stereocenters. The van der Waals surface area contributed by atoms with E-state index in [9.17, 15) is 5.26 Å². The summed E-state index contributed by atoms with van der Waals surface area (Å²) in [4.78, 5) is 6.93. The molecule has 3 nitrogen and oxygen atoms in total. The van der Waals surface area contributed by atoms with E-state index in [0.29, 0.717) is 5.57 Å². The van der Waals surface area contributed by atoms with Crippen molar-refractivity contribution in [1.82, 2.24) is 4.98 Å². The summed E-state index contributed by atoms with van der Waals surface area (Å²) >= 11 is 1.56. The Balaban J connectivity index is 1.82. The molecule has 1 aliphatic rings. The van der Waals surface area contributed by atoms with Gasteiger partial charge in [0, 0.05) is 17.1 Å². The van der Waals surface area contributed by atoms with Crippen molar-refractivity contribution in [3.63, 3.8) is 0 Å². The first kappa shape index (κ1) is 18.2. The molecule has 0 unspecified atom stereocenters. The molecular formula is C24H21N3S. The molecule has 2 aromatic carbocycles. The normalized spacial score (nSPS) is 14.0. The predicted octanol–water partition coefficient (Wildman–Crippen LogP) is 6.52. The van der Waals surface area contributed by atoms with Crippen molar-refractivity contribution < 1.29 is 0 Å². The fourth-order valence-corrected chi connectivity index (χ4v) is 4.60. The van der Waals surface area contributed by atoms with Crippen LogP contribution in [0.25, 0.3) is 15.8 Å². The molecule has 0 bridgehead atoms. The van der Waals surface area contributed by atoms with Gasteiger partial charge in [0.2, 0.25) is 0 Å². The summed E-state index contributed by atoms with van der Waals surface area (Å²) in [5.74, 6) is 0. The molecule has 0 saturated heterocycles. The van der Waals surface area contributed by atoms with E-state index in [2.05, 4.69) is 74.0 Å². The number of rotatable bonds is 2. The second-order valence-electron chi connectivity index (χ2n) is 7.05. The first-order valence-corrected chi connectivity index (χ1v) is 10.0. The van der Waals surface area contributed by atoms with Crippen molar-refractivity contribution in [3.05, 3.63) is 87.7 Å². The highest BCUT2D eigenvalue weighted by Crippen LogP contribution is 2.36. The van der Waals surface area contributed by atoms with Gasteiger partial charge >= 0.3 is 0 Å². The van der Waals surface area contributed by atoms with Crippen molar-refractivity contribution in [2.24, 2.45) is 0 Å². The van der Waals surface area contributed by atoms with Gasteiger partial charge in [-0.2, -0.15) is 5.26 Å². The molecular weight excluding hydrogens is 362 g/mol. The van der Waals surface area contributed by atoms with E-state index < -0.39 is 0 Å². The Labute approximate surface area is 169 Å². The topological polar surface area (TPSA) is 39.9 Å². The largest absolute Gasteiger partial charge is 0.318 e. The minimum absolute atomic E-state index is 0.625. The van der Waals surface area contributed by atoms with Crippen LogP contribution in [-0.4, -0.2) is 4.98 Å². The van der Waals surface area contributed by atoms with Crippen LogP contribution in [0.3, 0.4) is 0 Å². The van der Waals surface area contributed by atoms with E-state index in [4.69, 9.17) is 0 Å². The Morgan fingerprint density at radius 3 is 2.36 bits per heavy atom. The molecule has 0 amide bonds. The highest BCUT2D eigenvalue weighted by Gasteiger charge is 2.21. The zero-order valence-electron chi connectivity index (χ0n) is 16.4. The van der Waals surface area contributed by atoms with Crippen LogP contribution in [0.2, 0.25) is 0 Å². The number of nitrogens with zero attached hydrogens (tertiary/aromatic N) is 3. The zero-order valence-corrected chi connectivity index (χ0v) is 17.3. The number of nitriles is 1. The fraction of sp³-hybridized carbons (Fsp3) is 0.167. The minimum Gasteiger partial charge on any atom is -0.318 e. The van der Waals surface area contributed by atoms with Crippen LogP contribution in [0.15, 0.2) is 71.6 Å². The van der Waals surface area contributed by atoms with Gasteiger partial charge < -0.3 is 4.90 Å². The van der Waals surface area contributed by atoms with E-state index >= 15 is 0 Å². The van der Waals surface area contributed by atoms with E-state index in [1.165, 1.54) is 16.8 Å². The first-order chi connectivity index (χ1) is 13.5. The van der Waals surface area contributed by atoms with Gasteiger partial charge in [0.25, 0.3) is 0 Å². The molecule has 0 spiro atoms. The van der Waals surface area contributed by atoms with E-state index in [0.717, 1.165) is 32.2 Å². The Morgan fingerprint density at radius 1 is 0.964 bits per heavy atom. The Hall–Kier alpha value is -3.16. The standard InChI is InChI=1S/C24H21N3S/c1-15-8-7-10-22(18(15)4)27-16(2)12-19(13-17(27)3)20(14-25)24-26-21-9-5-6-11-23(21)28-24/h5-13H,1-4H3. The Bertz CT molecular complexity index is 1160. The van der Waals surface area contributed by atoms with Crippen molar-refractivity contribution in [2.45, 2.75) is 27.7 Å². The Morgan fingerprint density at radius 2 is 1.68 bits per heavy atom. The third kappa shape index (κ3) is 3.04. The van der Waals surface area contributed by atoms with Gasteiger partial charge in [-0.05, 0) is 74.7 Å². The molecule has 0 radical (unpaired) electrons. The average Bonchev–Trinajstić information content (AvgIpc) is 3.09. The summed E-state index contributed by atoms with van der Waals surface area (Å²) in [6, 6.07) is 16.8. The number of fused-ring (bicyclic) bond motifs is 1. The van der Waals surface area contributed by atoms with Crippen LogP contribution in [0.5, 0.6) is 0 Å². The molecule has 0 N–H and O–H groups in total. The quantitative estimate of drug-likeness (QED) is 0.473. The highest BCUT2D eigenvalue weighted by molar-refractivity contribution is 7.19. The van der Waals surface area contributed by atoms with Gasteiger partial charge in [0.05, 0.1) is 15.8 Å². The van der Waals surface area contributed by atoms with Crippen molar-refractivity contribution >= 4 is 32.8 Å². The number of aryl methyl sites for hydroxylation is 1. The summed E-state index contributed by atoms with van der Waals surface area (Å²) in [7, 11) is 0. The van der Waals surface area contributed by atoms with Gasteiger partial charge in [-0.1, -0.05) is 24.3 Å². The summed E-state index contributed by atoms with van der Waals surface area (Å²) in [5, 5.41) is 10.6. The lowest BCUT2D eigenvalue weighted by atomic mass is 10.0. The molecule has 1 aliphatic heterocycles. The lowest BCUT2D eigenvalue weighted by molar-refractivity contribution is 1.03. The minimum atomic E-state index is 0.625. The third-order valence-corrected chi connectivity index (χ3v) is 6.21. The molecule has 0 aliphatic carbocycles. The summed E-state index contributed by atoms with van der Waals surface area (Å²) in [6.45, 7) is 8.46. The van der Waals surface area contributed by atoms with Gasteiger partial charge in [-0.3, -0.25) is 0 Å². The Kier molecular flexibility index (Phi) is 4.62. The maximum absolute atomic E-state index is 9.88. The van der Waals surface area contributed by atoms with Crippen LogP contribution in [-0.2, 0) is 0 Å². The van der Waals surface area contributed by atoms with E-state index in [1.807, 2.05) is 24.3 Å². The number of para-hydroxylation sites is 1. The molecule has 28 heavy (non-hydrogen) atoms. The number of aromatic nitrogens is 1. The molecule has 2 heterocycles. The van der Waals surface area contributed by atoms with E-state index in [1.54, 1.807) is 11.3 Å². The van der Waals surface area contributed by atoms with Gasteiger partial charge in [-0.15, -0.1) is 11.3 Å². The third-order valence-electron chi connectivity index (χ3n) is 5.16. The molecule has 4 rings (SSSR count). The number of hydrogen-bond donors (Lipinski definition) is 0. The van der Waals surface area contributed by atoms with Gasteiger partial charge in [0.1, 0.15) is 11.1 Å². The number of hydrogen-bond acceptors (Lipinski definition) is 4. The van der Waals surface area contributed by atoms with Crippen LogP contribution < -0.4 is 4.90 Å². The van der Waals surface area contributed by atoms with Crippen LogP contribution in [0.4, 0.5) is 5.69 Å². The number of anilines is 1. The van der Waals surface area contributed by atoms with Crippen LogP contribution in [0, 0.1) is 25.2 Å². The van der Waals surface area contributed by atoms with E-state index in [-0.39, 0.29) is 0 Å². The van der Waals surface area contributed by atoms with Crippen molar-refractivity contribution in [3.8, 4) is 6.07 Å². The first-order valence-electron chi connectivity index (χ1n) is 9.23. The van der Waals surface area contributed by atoms with Crippen molar-refractivity contribution in [1.29, 1.82) is 5.26 Å². The summed E-state index contributed by atoms with van der Waals surface area (Å²) in [5.41, 5.74) is 8.38. The number of thiazole rings is 1. The average molecular weight is 384 g/mol. The lowest BCUT2D eigenvalue weighted by Gasteiger charge is -2.31. The summed E-state index contributed by atoms with van der Waals surface area (Å²) in [6.07, 6.45) is 4.17. The monoisotopic (exact) mass is 383 g/mol. The molecule has 138 valence electrons. The van der Waals surface area contributed by atoms with Crippen LogP contribution >= 0.6 is 11.3 Å².